The number of fused-ring (bicyclic) bond motifs is 1. The molecular formula is C18H18N2O5S. The number of amides is 1. The number of sulfone groups is 1. The molecule has 7 nitrogen and oxygen atoms in total. The number of rotatable bonds is 5. The van der Waals surface area contributed by atoms with Crippen molar-refractivity contribution < 1.29 is 23.1 Å². The summed E-state index contributed by atoms with van der Waals surface area (Å²) < 4.78 is 29.1. The fourth-order valence-corrected chi connectivity index (χ4v) is 3.43. The van der Waals surface area contributed by atoms with E-state index < -0.39 is 15.7 Å². The number of nitrogens with one attached hydrogen (secondary N) is 2. The van der Waals surface area contributed by atoms with Crippen LogP contribution in [0, 0.1) is 0 Å². The van der Waals surface area contributed by atoms with E-state index in [1.807, 2.05) is 0 Å². The number of phenols is 1. The fraction of sp³-hybridized carbons (Fsp3) is 0.167. The average Bonchev–Trinajstić information content (AvgIpc) is 3.06. The van der Waals surface area contributed by atoms with Crippen molar-refractivity contribution in [2.75, 3.05) is 18.2 Å². The van der Waals surface area contributed by atoms with Gasteiger partial charge in [-0.2, -0.15) is 0 Å². The number of carbonyl (C=O) groups is 1. The highest BCUT2D eigenvalue weighted by atomic mass is 32.2. The Morgan fingerprint density at radius 1 is 1.19 bits per heavy atom. The second-order valence-electron chi connectivity index (χ2n) is 5.67. The Bertz CT molecular complexity index is 1090. The third kappa shape index (κ3) is 3.36. The quantitative estimate of drug-likeness (QED) is 0.595. The number of aromatic nitrogens is 1. The van der Waals surface area contributed by atoms with Crippen LogP contribution in [0.15, 0.2) is 47.4 Å². The maximum absolute atomic E-state index is 12.5. The number of H-pyrrole nitrogens is 1. The summed E-state index contributed by atoms with van der Waals surface area (Å²) in [5, 5.41) is 13.3. The van der Waals surface area contributed by atoms with E-state index in [1.54, 1.807) is 31.4 Å². The summed E-state index contributed by atoms with van der Waals surface area (Å²) >= 11 is 0. The highest BCUT2D eigenvalue weighted by molar-refractivity contribution is 7.91. The molecule has 0 saturated heterocycles. The lowest BCUT2D eigenvalue weighted by atomic mass is 10.2. The lowest BCUT2D eigenvalue weighted by Crippen LogP contribution is -2.13. The molecule has 0 bridgehead atoms. The van der Waals surface area contributed by atoms with Crippen LogP contribution in [0.1, 0.15) is 17.4 Å². The fourth-order valence-electron chi connectivity index (χ4n) is 2.53. The molecule has 3 N–H and O–H groups in total. The van der Waals surface area contributed by atoms with Crippen LogP contribution < -0.4 is 10.1 Å². The predicted octanol–water partition coefficient (Wildman–Crippen LogP) is 2.93. The van der Waals surface area contributed by atoms with Crippen LogP contribution in [0.4, 0.5) is 5.69 Å². The molecule has 3 aromatic rings. The van der Waals surface area contributed by atoms with Gasteiger partial charge in [0.25, 0.3) is 5.91 Å². The lowest BCUT2D eigenvalue weighted by Gasteiger charge is -2.09. The summed E-state index contributed by atoms with van der Waals surface area (Å²) in [4.78, 5) is 15.5. The molecule has 0 unspecified atom stereocenters. The zero-order valence-electron chi connectivity index (χ0n) is 14.2. The first-order valence-corrected chi connectivity index (χ1v) is 9.53. The van der Waals surface area contributed by atoms with Gasteiger partial charge < -0.3 is 20.1 Å². The van der Waals surface area contributed by atoms with Crippen molar-refractivity contribution in [3.8, 4) is 11.5 Å². The Labute approximate surface area is 150 Å². The molecule has 0 fully saturated rings. The van der Waals surface area contributed by atoms with Gasteiger partial charge in [-0.15, -0.1) is 0 Å². The SMILES string of the molecule is CCS(=O)(=O)c1ccc(O)c(NC(=O)c2cc3cc(OC)ccc3[nH]2)c1. The number of hydrogen-bond donors (Lipinski definition) is 3. The predicted molar refractivity (Wildman–Crippen MR) is 98.6 cm³/mol. The van der Waals surface area contributed by atoms with E-state index >= 15 is 0 Å². The van der Waals surface area contributed by atoms with Crippen LogP contribution in [0.3, 0.4) is 0 Å². The van der Waals surface area contributed by atoms with E-state index in [4.69, 9.17) is 4.74 Å². The highest BCUT2D eigenvalue weighted by Gasteiger charge is 2.17. The van der Waals surface area contributed by atoms with Crippen LogP contribution in [0.5, 0.6) is 11.5 Å². The molecule has 0 aliphatic heterocycles. The Morgan fingerprint density at radius 3 is 2.65 bits per heavy atom. The second-order valence-corrected chi connectivity index (χ2v) is 7.95. The Kier molecular flexibility index (Phi) is 4.60. The van der Waals surface area contributed by atoms with Gasteiger partial charge in [0.05, 0.1) is 23.4 Å². The molecule has 0 aliphatic carbocycles. The molecule has 2 aromatic carbocycles. The smallest absolute Gasteiger partial charge is 0.272 e. The van der Waals surface area contributed by atoms with E-state index in [9.17, 15) is 18.3 Å². The Morgan fingerprint density at radius 2 is 1.96 bits per heavy atom. The first kappa shape index (κ1) is 17.8. The summed E-state index contributed by atoms with van der Waals surface area (Å²) in [5.41, 5.74) is 1.06. The summed E-state index contributed by atoms with van der Waals surface area (Å²) in [6.45, 7) is 1.53. The molecule has 0 aliphatic rings. The maximum atomic E-state index is 12.5. The number of phenolic OH excluding ortho intramolecular Hbond substituents is 1. The van der Waals surface area contributed by atoms with Crippen molar-refractivity contribution >= 4 is 32.3 Å². The molecule has 1 aromatic heterocycles. The van der Waals surface area contributed by atoms with Crippen LogP contribution >= 0.6 is 0 Å². The highest BCUT2D eigenvalue weighted by Crippen LogP contribution is 2.28. The van der Waals surface area contributed by atoms with Gasteiger partial charge >= 0.3 is 0 Å². The molecular weight excluding hydrogens is 356 g/mol. The molecule has 1 heterocycles. The summed E-state index contributed by atoms with van der Waals surface area (Å²) in [5.74, 6) is -0.124. The first-order valence-electron chi connectivity index (χ1n) is 7.88. The van der Waals surface area contributed by atoms with Gasteiger partial charge in [0.15, 0.2) is 9.84 Å². The molecule has 0 radical (unpaired) electrons. The van der Waals surface area contributed by atoms with E-state index in [0.717, 1.165) is 10.9 Å². The number of ether oxygens (including phenoxy) is 1. The zero-order chi connectivity index (χ0) is 18.9. The minimum atomic E-state index is -3.45. The molecule has 136 valence electrons. The minimum absolute atomic E-state index is 0.0285. The normalized spacial score (nSPS) is 11.5. The van der Waals surface area contributed by atoms with E-state index in [1.165, 1.54) is 25.1 Å². The van der Waals surface area contributed by atoms with Crippen molar-refractivity contribution in [3.05, 3.63) is 48.2 Å². The van der Waals surface area contributed by atoms with Gasteiger partial charge in [-0.3, -0.25) is 4.79 Å². The van der Waals surface area contributed by atoms with Gasteiger partial charge in [0.1, 0.15) is 17.2 Å². The van der Waals surface area contributed by atoms with E-state index in [0.29, 0.717) is 5.75 Å². The van der Waals surface area contributed by atoms with Gasteiger partial charge in [-0.05, 0) is 42.5 Å². The van der Waals surface area contributed by atoms with Crippen molar-refractivity contribution in [2.45, 2.75) is 11.8 Å². The molecule has 26 heavy (non-hydrogen) atoms. The van der Waals surface area contributed by atoms with Crippen molar-refractivity contribution in [1.29, 1.82) is 0 Å². The first-order chi connectivity index (χ1) is 12.3. The van der Waals surface area contributed by atoms with Gasteiger partial charge in [-0.25, -0.2) is 8.42 Å². The minimum Gasteiger partial charge on any atom is -0.506 e. The van der Waals surface area contributed by atoms with Gasteiger partial charge in [0, 0.05) is 10.9 Å². The third-order valence-electron chi connectivity index (χ3n) is 4.03. The molecule has 8 heteroatoms. The van der Waals surface area contributed by atoms with Crippen LogP contribution in [0.25, 0.3) is 10.9 Å². The monoisotopic (exact) mass is 374 g/mol. The number of aromatic hydroxyl groups is 1. The maximum Gasteiger partial charge on any atom is 0.272 e. The number of methoxy groups -OCH3 is 1. The number of carbonyl (C=O) groups excluding carboxylic acids is 1. The Hall–Kier alpha value is -3.00. The van der Waals surface area contributed by atoms with Gasteiger partial charge in [0.2, 0.25) is 0 Å². The van der Waals surface area contributed by atoms with Crippen molar-refractivity contribution in [2.24, 2.45) is 0 Å². The molecule has 0 atom stereocenters. The van der Waals surface area contributed by atoms with E-state index in [-0.39, 0.29) is 27.8 Å². The lowest BCUT2D eigenvalue weighted by molar-refractivity contribution is 0.102. The zero-order valence-corrected chi connectivity index (χ0v) is 15.1. The average molecular weight is 374 g/mol. The standard InChI is InChI=1S/C18H18N2O5S/c1-3-26(23,24)13-5-7-17(21)15(10-13)20-18(22)16-9-11-8-12(25-2)4-6-14(11)19-16/h4-10,19,21H,3H2,1-2H3,(H,20,22). The Balaban J connectivity index is 1.91. The number of benzene rings is 2. The second kappa shape index (κ2) is 6.72. The van der Waals surface area contributed by atoms with Gasteiger partial charge in [-0.1, -0.05) is 6.92 Å². The molecule has 1 amide bonds. The summed E-state index contributed by atoms with van der Waals surface area (Å²) in [6, 6.07) is 10.8. The molecule has 0 saturated carbocycles. The number of anilines is 1. The largest absolute Gasteiger partial charge is 0.506 e. The number of aromatic amines is 1. The third-order valence-corrected chi connectivity index (χ3v) is 5.76. The van der Waals surface area contributed by atoms with Crippen LogP contribution in [-0.4, -0.2) is 37.3 Å². The molecule has 3 rings (SSSR count). The topological polar surface area (TPSA) is 108 Å². The van der Waals surface area contributed by atoms with Crippen molar-refractivity contribution in [1.82, 2.24) is 4.98 Å². The molecule has 0 spiro atoms. The summed E-state index contributed by atoms with van der Waals surface area (Å²) in [7, 11) is -1.89. The number of hydrogen-bond acceptors (Lipinski definition) is 5. The van der Waals surface area contributed by atoms with Crippen molar-refractivity contribution in [3.63, 3.8) is 0 Å². The van der Waals surface area contributed by atoms with Crippen LogP contribution in [0.2, 0.25) is 0 Å². The summed E-state index contributed by atoms with van der Waals surface area (Å²) in [6.07, 6.45) is 0. The van der Waals surface area contributed by atoms with E-state index in [2.05, 4.69) is 10.3 Å². The van der Waals surface area contributed by atoms with Crippen LogP contribution in [-0.2, 0) is 9.84 Å².